The summed E-state index contributed by atoms with van der Waals surface area (Å²) in [6.07, 6.45) is 6.60. The van der Waals surface area contributed by atoms with Gasteiger partial charge in [0.2, 0.25) is 11.8 Å². The normalized spacial score (nSPS) is 21.5. The third-order valence-electron chi connectivity index (χ3n) is 6.50. The molecule has 1 N–H and O–H groups in total. The van der Waals surface area contributed by atoms with Crippen molar-refractivity contribution in [3.05, 3.63) is 35.9 Å². The molecule has 156 valence electrons. The van der Waals surface area contributed by atoms with Gasteiger partial charge in [0.15, 0.2) is 0 Å². The number of likely N-dealkylation sites (tertiary alicyclic amines) is 2. The van der Waals surface area contributed by atoms with Gasteiger partial charge in [-0.05, 0) is 63.0 Å². The first-order chi connectivity index (χ1) is 14.1. The zero-order valence-corrected chi connectivity index (χ0v) is 17.0. The van der Waals surface area contributed by atoms with E-state index in [1.165, 1.54) is 6.42 Å². The summed E-state index contributed by atoms with van der Waals surface area (Å²) in [6, 6.07) is 8.89. The van der Waals surface area contributed by atoms with Gasteiger partial charge in [0.25, 0.3) is 5.91 Å². The number of hydrogen-bond donors (Lipinski definition) is 1. The number of carbonyl (C=O) groups excluding carboxylic acids is 3. The number of piperidine rings is 2. The van der Waals surface area contributed by atoms with Crippen molar-refractivity contribution in [1.82, 2.24) is 15.1 Å². The number of rotatable bonds is 5. The first-order valence-corrected chi connectivity index (χ1v) is 11.1. The van der Waals surface area contributed by atoms with Crippen LogP contribution in [-0.4, -0.2) is 59.7 Å². The summed E-state index contributed by atoms with van der Waals surface area (Å²) in [5.41, 5.74) is 0.703. The minimum absolute atomic E-state index is 0.0307. The number of nitrogens with zero attached hydrogens (tertiary/aromatic N) is 2. The lowest BCUT2D eigenvalue weighted by atomic mass is 9.87. The van der Waals surface area contributed by atoms with Crippen LogP contribution in [0.2, 0.25) is 0 Å². The molecule has 3 aliphatic rings. The highest BCUT2D eigenvalue weighted by atomic mass is 16.2. The molecule has 0 spiro atoms. The average Bonchev–Trinajstić information content (AvgIpc) is 3.63. The zero-order valence-electron chi connectivity index (χ0n) is 17.0. The Labute approximate surface area is 172 Å². The molecule has 1 saturated carbocycles. The fraction of sp³-hybridized carbons (Fsp3) is 0.609. The predicted molar refractivity (Wildman–Crippen MR) is 110 cm³/mol. The van der Waals surface area contributed by atoms with Gasteiger partial charge in [-0.1, -0.05) is 18.2 Å². The van der Waals surface area contributed by atoms with Crippen LogP contribution in [0, 0.1) is 11.8 Å². The second kappa shape index (κ2) is 8.97. The van der Waals surface area contributed by atoms with Gasteiger partial charge in [0.05, 0.1) is 0 Å². The molecule has 1 aromatic carbocycles. The average molecular weight is 398 g/mol. The maximum absolute atomic E-state index is 13.2. The molecule has 6 heteroatoms. The van der Waals surface area contributed by atoms with Crippen molar-refractivity contribution in [2.75, 3.05) is 26.2 Å². The van der Waals surface area contributed by atoms with Crippen molar-refractivity contribution in [3.8, 4) is 0 Å². The van der Waals surface area contributed by atoms with Crippen LogP contribution < -0.4 is 5.32 Å². The Hall–Kier alpha value is -2.37. The summed E-state index contributed by atoms with van der Waals surface area (Å²) in [7, 11) is 0. The van der Waals surface area contributed by atoms with E-state index in [0.717, 1.165) is 51.6 Å². The largest absolute Gasteiger partial charge is 0.344 e. The third kappa shape index (κ3) is 4.80. The van der Waals surface area contributed by atoms with Crippen LogP contribution in [0.15, 0.2) is 30.3 Å². The zero-order chi connectivity index (χ0) is 20.2. The topological polar surface area (TPSA) is 69.7 Å². The van der Waals surface area contributed by atoms with E-state index >= 15 is 0 Å². The standard InChI is InChI=1S/C23H31N3O3/c27-21(18-9-10-18)24-20(23(29)25-13-5-2-6-14-25)17-11-15-26(16-12-17)22(28)19-7-3-1-4-8-19/h1,3-4,7-8,17-18,20H,2,5-6,9-16H2,(H,24,27). The van der Waals surface area contributed by atoms with Crippen molar-refractivity contribution in [2.45, 2.75) is 51.0 Å². The van der Waals surface area contributed by atoms with Crippen LogP contribution in [0.3, 0.4) is 0 Å². The lowest BCUT2D eigenvalue weighted by Crippen LogP contribution is -2.55. The second-order valence-corrected chi connectivity index (χ2v) is 8.64. The number of benzene rings is 1. The second-order valence-electron chi connectivity index (χ2n) is 8.64. The Kier molecular flexibility index (Phi) is 6.16. The number of amides is 3. The SMILES string of the molecule is O=C(NC(C(=O)N1CCCCC1)C1CCN(C(=O)c2ccccc2)CC1)C1CC1. The smallest absolute Gasteiger partial charge is 0.253 e. The van der Waals surface area contributed by atoms with Crippen LogP contribution >= 0.6 is 0 Å². The van der Waals surface area contributed by atoms with Crippen molar-refractivity contribution in [3.63, 3.8) is 0 Å². The molecule has 1 unspecified atom stereocenters. The first kappa shape index (κ1) is 19.9. The van der Waals surface area contributed by atoms with Crippen molar-refractivity contribution < 1.29 is 14.4 Å². The van der Waals surface area contributed by atoms with Gasteiger partial charge in [-0.2, -0.15) is 0 Å². The summed E-state index contributed by atoms with van der Waals surface area (Å²) in [5, 5.41) is 3.09. The molecule has 3 fully saturated rings. The Morgan fingerprint density at radius 3 is 2.10 bits per heavy atom. The van der Waals surface area contributed by atoms with E-state index in [1.807, 2.05) is 40.1 Å². The van der Waals surface area contributed by atoms with Crippen LogP contribution in [0.25, 0.3) is 0 Å². The summed E-state index contributed by atoms with van der Waals surface area (Å²) >= 11 is 0. The lowest BCUT2D eigenvalue weighted by molar-refractivity contribution is -0.139. The monoisotopic (exact) mass is 397 g/mol. The molecule has 6 nitrogen and oxygen atoms in total. The molecule has 1 atom stereocenters. The van der Waals surface area contributed by atoms with Crippen LogP contribution in [0.4, 0.5) is 0 Å². The minimum Gasteiger partial charge on any atom is -0.344 e. The first-order valence-electron chi connectivity index (χ1n) is 11.1. The molecule has 0 aromatic heterocycles. The number of hydrogen-bond acceptors (Lipinski definition) is 3. The molecular formula is C23H31N3O3. The molecule has 2 heterocycles. The van der Waals surface area contributed by atoms with Gasteiger partial charge in [-0.25, -0.2) is 0 Å². The quantitative estimate of drug-likeness (QED) is 0.830. The van der Waals surface area contributed by atoms with Crippen molar-refractivity contribution in [2.24, 2.45) is 11.8 Å². The Bertz CT molecular complexity index is 733. The van der Waals surface area contributed by atoms with Crippen molar-refractivity contribution >= 4 is 17.7 Å². The number of nitrogens with one attached hydrogen (secondary N) is 1. The summed E-state index contributed by atoms with van der Waals surface area (Å²) in [6.45, 7) is 2.84. The molecule has 2 aliphatic heterocycles. The maximum atomic E-state index is 13.2. The van der Waals surface area contributed by atoms with Gasteiger partial charge in [0, 0.05) is 37.7 Å². The summed E-state index contributed by atoms with van der Waals surface area (Å²) in [4.78, 5) is 42.2. The van der Waals surface area contributed by atoms with Crippen LogP contribution in [0.1, 0.15) is 55.3 Å². The van der Waals surface area contributed by atoms with E-state index in [0.29, 0.717) is 18.7 Å². The lowest BCUT2D eigenvalue weighted by Gasteiger charge is -2.38. The van der Waals surface area contributed by atoms with Gasteiger partial charge in [-0.3, -0.25) is 14.4 Å². The Balaban J connectivity index is 1.40. The van der Waals surface area contributed by atoms with E-state index in [-0.39, 0.29) is 29.6 Å². The van der Waals surface area contributed by atoms with Gasteiger partial charge >= 0.3 is 0 Å². The number of carbonyl (C=O) groups is 3. The third-order valence-corrected chi connectivity index (χ3v) is 6.50. The van der Waals surface area contributed by atoms with E-state index in [4.69, 9.17) is 0 Å². The van der Waals surface area contributed by atoms with Crippen molar-refractivity contribution in [1.29, 1.82) is 0 Å². The van der Waals surface area contributed by atoms with E-state index in [1.54, 1.807) is 0 Å². The molecule has 4 rings (SSSR count). The van der Waals surface area contributed by atoms with Gasteiger partial charge in [0.1, 0.15) is 6.04 Å². The highest BCUT2D eigenvalue weighted by Crippen LogP contribution is 2.30. The molecule has 29 heavy (non-hydrogen) atoms. The summed E-state index contributed by atoms with van der Waals surface area (Å²) in [5.74, 6) is 0.331. The summed E-state index contributed by atoms with van der Waals surface area (Å²) < 4.78 is 0. The molecular weight excluding hydrogens is 366 g/mol. The van der Waals surface area contributed by atoms with Crippen LogP contribution in [-0.2, 0) is 9.59 Å². The molecule has 0 bridgehead atoms. The minimum atomic E-state index is -0.449. The van der Waals surface area contributed by atoms with E-state index in [2.05, 4.69) is 5.32 Å². The molecule has 1 aromatic rings. The van der Waals surface area contributed by atoms with Gasteiger partial charge in [-0.15, -0.1) is 0 Å². The van der Waals surface area contributed by atoms with Gasteiger partial charge < -0.3 is 15.1 Å². The highest BCUT2D eigenvalue weighted by molar-refractivity contribution is 5.94. The van der Waals surface area contributed by atoms with E-state index < -0.39 is 6.04 Å². The fourth-order valence-electron chi connectivity index (χ4n) is 4.51. The molecule has 2 saturated heterocycles. The fourth-order valence-corrected chi connectivity index (χ4v) is 4.51. The highest BCUT2D eigenvalue weighted by Gasteiger charge is 2.39. The molecule has 3 amide bonds. The Morgan fingerprint density at radius 1 is 0.828 bits per heavy atom. The van der Waals surface area contributed by atoms with Crippen LogP contribution in [0.5, 0.6) is 0 Å². The maximum Gasteiger partial charge on any atom is 0.253 e. The molecule has 1 aliphatic carbocycles. The predicted octanol–water partition coefficient (Wildman–Crippen LogP) is 2.45. The van der Waals surface area contributed by atoms with E-state index in [9.17, 15) is 14.4 Å². The Morgan fingerprint density at radius 2 is 1.48 bits per heavy atom. The molecule has 0 radical (unpaired) electrons.